The van der Waals surface area contributed by atoms with Gasteiger partial charge in [-0.25, -0.2) is 4.98 Å². The number of fused-ring (bicyclic) bond motifs is 1. The SMILES string of the molecule is Cc1cccc2nc(-c3ccco3)c(N=Nc3cccc(O)c3)n12. The summed E-state index contributed by atoms with van der Waals surface area (Å²) in [6, 6.07) is 16.1. The maximum atomic E-state index is 9.56. The molecule has 0 amide bonds. The van der Waals surface area contributed by atoms with Gasteiger partial charge < -0.3 is 9.52 Å². The summed E-state index contributed by atoms with van der Waals surface area (Å²) in [5.41, 5.74) is 2.94. The second kappa shape index (κ2) is 5.66. The van der Waals surface area contributed by atoms with Gasteiger partial charge in [0.15, 0.2) is 17.3 Å². The molecule has 0 aliphatic rings. The van der Waals surface area contributed by atoms with E-state index >= 15 is 0 Å². The number of benzene rings is 1. The van der Waals surface area contributed by atoms with Crippen molar-refractivity contribution in [2.75, 3.05) is 0 Å². The van der Waals surface area contributed by atoms with Gasteiger partial charge in [0.25, 0.3) is 0 Å². The quantitative estimate of drug-likeness (QED) is 0.539. The molecule has 0 unspecified atom stereocenters. The Morgan fingerprint density at radius 3 is 2.71 bits per heavy atom. The number of rotatable bonds is 3. The summed E-state index contributed by atoms with van der Waals surface area (Å²) in [5, 5.41) is 18.2. The van der Waals surface area contributed by atoms with Crippen molar-refractivity contribution in [3.63, 3.8) is 0 Å². The number of hydrogen-bond acceptors (Lipinski definition) is 5. The van der Waals surface area contributed by atoms with Crippen molar-refractivity contribution in [3.8, 4) is 17.2 Å². The van der Waals surface area contributed by atoms with Crippen LogP contribution in [0.3, 0.4) is 0 Å². The van der Waals surface area contributed by atoms with Crippen molar-refractivity contribution >= 4 is 17.2 Å². The average Bonchev–Trinajstić information content (AvgIpc) is 3.21. The monoisotopic (exact) mass is 318 g/mol. The number of phenols is 1. The van der Waals surface area contributed by atoms with E-state index in [0.29, 0.717) is 23.0 Å². The van der Waals surface area contributed by atoms with Crippen molar-refractivity contribution < 1.29 is 9.52 Å². The third-order valence-electron chi connectivity index (χ3n) is 3.66. The van der Waals surface area contributed by atoms with Crippen LogP contribution in [0.4, 0.5) is 11.5 Å². The minimum Gasteiger partial charge on any atom is -0.508 e. The zero-order chi connectivity index (χ0) is 16.5. The van der Waals surface area contributed by atoms with E-state index in [1.807, 2.05) is 41.7 Å². The normalized spacial score (nSPS) is 11.5. The molecule has 1 aromatic carbocycles. The summed E-state index contributed by atoms with van der Waals surface area (Å²) in [4.78, 5) is 4.61. The van der Waals surface area contributed by atoms with Crippen LogP contribution in [0.5, 0.6) is 5.75 Å². The number of phenolic OH excluding ortho intramolecular Hbond substituents is 1. The number of hydrogen-bond donors (Lipinski definition) is 1. The van der Waals surface area contributed by atoms with E-state index in [1.54, 1.807) is 30.5 Å². The number of aromatic hydroxyl groups is 1. The van der Waals surface area contributed by atoms with Crippen molar-refractivity contribution in [3.05, 3.63) is 66.6 Å². The first kappa shape index (κ1) is 14.2. The summed E-state index contributed by atoms with van der Waals surface area (Å²) in [5.74, 6) is 1.36. The zero-order valence-electron chi connectivity index (χ0n) is 12.9. The minimum atomic E-state index is 0.145. The molecular formula is C18H14N4O2. The van der Waals surface area contributed by atoms with Crippen LogP contribution in [-0.4, -0.2) is 14.5 Å². The highest BCUT2D eigenvalue weighted by Crippen LogP contribution is 2.33. The van der Waals surface area contributed by atoms with Crippen LogP contribution in [0.2, 0.25) is 0 Å². The Balaban J connectivity index is 1.91. The number of aromatic nitrogens is 2. The van der Waals surface area contributed by atoms with Gasteiger partial charge in [0.1, 0.15) is 11.4 Å². The van der Waals surface area contributed by atoms with Gasteiger partial charge in [-0.2, -0.15) is 0 Å². The Bertz CT molecular complexity index is 1030. The first-order valence-corrected chi connectivity index (χ1v) is 7.45. The molecule has 6 nitrogen and oxygen atoms in total. The Morgan fingerprint density at radius 2 is 1.92 bits per heavy atom. The van der Waals surface area contributed by atoms with E-state index in [1.165, 1.54) is 0 Å². The lowest BCUT2D eigenvalue weighted by Gasteiger charge is -2.01. The van der Waals surface area contributed by atoms with Crippen LogP contribution >= 0.6 is 0 Å². The first-order valence-electron chi connectivity index (χ1n) is 7.45. The van der Waals surface area contributed by atoms with Gasteiger partial charge in [0, 0.05) is 11.8 Å². The van der Waals surface area contributed by atoms with E-state index in [-0.39, 0.29) is 5.75 Å². The fourth-order valence-corrected chi connectivity index (χ4v) is 2.57. The zero-order valence-corrected chi connectivity index (χ0v) is 12.9. The molecule has 118 valence electrons. The van der Waals surface area contributed by atoms with Gasteiger partial charge in [-0.05, 0) is 43.3 Å². The Labute approximate surface area is 137 Å². The molecule has 6 heteroatoms. The van der Waals surface area contributed by atoms with Crippen LogP contribution in [0.15, 0.2) is 75.5 Å². The summed E-state index contributed by atoms with van der Waals surface area (Å²) < 4.78 is 7.40. The van der Waals surface area contributed by atoms with Crippen LogP contribution in [0, 0.1) is 6.92 Å². The van der Waals surface area contributed by atoms with Gasteiger partial charge in [-0.15, -0.1) is 10.2 Å². The molecule has 3 heterocycles. The predicted octanol–water partition coefficient (Wildman–Crippen LogP) is 5.02. The van der Waals surface area contributed by atoms with Gasteiger partial charge in [0.05, 0.1) is 12.0 Å². The second-order valence-electron chi connectivity index (χ2n) is 5.34. The van der Waals surface area contributed by atoms with Gasteiger partial charge >= 0.3 is 0 Å². The number of azo groups is 1. The average molecular weight is 318 g/mol. The Kier molecular flexibility index (Phi) is 3.35. The highest BCUT2D eigenvalue weighted by atomic mass is 16.3. The van der Waals surface area contributed by atoms with Gasteiger partial charge in [-0.1, -0.05) is 12.1 Å². The highest BCUT2D eigenvalue weighted by molar-refractivity contribution is 5.71. The molecule has 0 aliphatic carbocycles. The fraction of sp³-hybridized carbons (Fsp3) is 0.0556. The van der Waals surface area contributed by atoms with Gasteiger partial charge in [-0.3, -0.25) is 4.40 Å². The molecule has 4 rings (SSSR count). The van der Waals surface area contributed by atoms with E-state index in [4.69, 9.17) is 4.42 Å². The maximum absolute atomic E-state index is 9.56. The topological polar surface area (TPSA) is 75.4 Å². The van der Waals surface area contributed by atoms with Crippen LogP contribution in [0.1, 0.15) is 5.69 Å². The highest BCUT2D eigenvalue weighted by Gasteiger charge is 2.17. The van der Waals surface area contributed by atoms with Crippen molar-refractivity contribution in [2.24, 2.45) is 10.2 Å². The fourth-order valence-electron chi connectivity index (χ4n) is 2.57. The molecule has 1 N–H and O–H groups in total. The Morgan fingerprint density at radius 1 is 1.04 bits per heavy atom. The number of pyridine rings is 1. The molecule has 0 saturated carbocycles. The molecule has 0 bridgehead atoms. The molecule has 0 spiro atoms. The predicted molar refractivity (Wildman–Crippen MR) is 89.9 cm³/mol. The minimum absolute atomic E-state index is 0.145. The molecule has 0 radical (unpaired) electrons. The van der Waals surface area contributed by atoms with Crippen molar-refractivity contribution in [1.82, 2.24) is 9.38 Å². The van der Waals surface area contributed by atoms with E-state index in [2.05, 4.69) is 15.2 Å². The van der Waals surface area contributed by atoms with E-state index in [9.17, 15) is 5.11 Å². The molecule has 0 saturated heterocycles. The summed E-state index contributed by atoms with van der Waals surface area (Å²) in [7, 11) is 0. The summed E-state index contributed by atoms with van der Waals surface area (Å²) in [6.45, 7) is 1.98. The molecule has 24 heavy (non-hydrogen) atoms. The van der Waals surface area contributed by atoms with Gasteiger partial charge in [0.2, 0.25) is 0 Å². The molecule has 0 atom stereocenters. The largest absolute Gasteiger partial charge is 0.508 e. The Hall–Kier alpha value is -3.41. The third-order valence-corrected chi connectivity index (χ3v) is 3.66. The number of nitrogens with zero attached hydrogens (tertiary/aromatic N) is 4. The standard InChI is InChI=1S/C18H14N4O2/c1-12-5-2-9-16-19-17(15-8-4-10-24-15)18(22(12)16)21-20-13-6-3-7-14(23)11-13/h2-11,23H,1H3. The van der Waals surface area contributed by atoms with Crippen LogP contribution < -0.4 is 0 Å². The molecular weight excluding hydrogens is 304 g/mol. The van der Waals surface area contributed by atoms with Crippen molar-refractivity contribution in [2.45, 2.75) is 6.92 Å². The molecule has 0 fully saturated rings. The lowest BCUT2D eigenvalue weighted by Crippen LogP contribution is -1.88. The smallest absolute Gasteiger partial charge is 0.191 e. The number of imidazole rings is 1. The van der Waals surface area contributed by atoms with Crippen LogP contribution in [-0.2, 0) is 0 Å². The van der Waals surface area contributed by atoms with E-state index in [0.717, 1.165) is 11.3 Å². The molecule has 4 aromatic rings. The van der Waals surface area contributed by atoms with Crippen molar-refractivity contribution in [1.29, 1.82) is 0 Å². The summed E-state index contributed by atoms with van der Waals surface area (Å²) in [6.07, 6.45) is 1.60. The van der Waals surface area contributed by atoms with Crippen LogP contribution in [0.25, 0.3) is 17.1 Å². The summed E-state index contributed by atoms with van der Waals surface area (Å²) >= 11 is 0. The lowest BCUT2D eigenvalue weighted by molar-refractivity contribution is 0.475. The van der Waals surface area contributed by atoms with E-state index < -0.39 is 0 Å². The number of furan rings is 1. The maximum Gasteiger partial charge on any atom is 0.191 e. The first-order chi connectivity index (χ1) is 11.7. The lowest BCUT2D eigenvalue weighted by atomic mass is 10.3. The molecule has 3 aromatic heterocycles. The second-order valence-corrected chi connectivity index (χ2v) is 5.34. The third kappa shape index (κ3) is 2.44. The molecule has 0 aliphatic heterocycles. The number of aryl methyl sites for hydroxylation is 1.